The SMILES string of the molecule is CCOC(=O)C1=C(C)N=c2s/c(=C\c3ccc(-c4cccc(C(=O)O)c4C)o3)c(=O)n2[C@@H]1c1cc(OC)c(OC)cc1Br. The summed E-state index contributed by atoms with van der Waals surface area (Å²) in [6.45, 7) is 5.28. The van der Waals surface area contributed by atoms with E-state index in [4.69, 9.17) is 18.6 Å². The molecule has 5 rings (SSSR count). The molecule has 222 valence electrons. The Hall–Kier alpha value is -4.42. The molecule has 0 saturated heterocycles. The van der Waals surface area contributed by atoms with Gasteiger partial charge >= 0.3 is 11.9 Å². The van der Waals surface area contributed by atoms with Crippen LogP contribution in [0.3, 0.4) is 0 Å². The van der Waals surface area contributed by atoms with Crippen molar-refractivity contribution in [3.8, 4) is 22.8 Å². The average Bonchev–Trinajstić information content (AvgIpc) is 3.56. The van der Waals surface area contributed by atoms with Gasteiger partial charge in [0, 0.05) is 16.1 Å². The smallest absolute Gasteiger partial charge is 0.338 e. The minimum atomic E-state index is -1.03. The lowest BCUT2D eigenvalue weighted by Crippen LogP contribution is -2.40. The fourth-order valence-electron chi connectivity index (χ4n) is 5.00. The van der Waals surface area contributed by atoms with Gasteiger partial charge in [0.2, 0.25) is 0 Å². The number of nitrogens with zero attached hydrogens (tertiary/aromatic N) is 2. The first kappa shape index (κ1) is 30.1. The number of carbonyl (C=O) groups excluding carboxylic acids is 1. The number of benzene rings is 2. The maximum atomic E-state index is 14.0. The number of rotatable bonds is 8. The number of allylic oxidation sites excluding steroid dienone is 1. The van der Waals surface area contributed by atoms with E-state index in [1.165, 1.54) is 24.9 Å². The number of carbonyl (C=O) groups is 2. The summed E-state index contributed by atoms with van der Waals surface area (Å²) in [4.78, 5) is 43.9. The quantitative estimate of drug-likeness (QED) is 0.264. The Balaban J connectivity index is 1.68. The lowest BCUT2D eigenvalue weighted by molar-refractivity contribution is -0.139. The summed E-state index contributed by atoms with van der Waals surface area (Å²) >= 11 is 4.75. The van der Waals surface area contributed by atoms with Crippen molar-refractivity contribution in [2.75, 3.05) is 20.8 Å². The number of thiazole rings is 1. The third-order valence-corrected chi connectivity index (χ3v) is 8.71. The van der Waals surface area contributed by atoms with Crippen LogP contribution in [0.2, 0.25) is 0 Å². The Morgan fingerprint density at radius 2 is 1.86 bits per heavy atom. The van der Waals surface area contributed by atoms with Crippen LogP contribution in [0.5, 0.6) is 11.5 Å². The van der Waals surface area contributed by atoms with Crippen LogP contribution in [-0.4, -0.2) is 42.4 Å². The van der Waals surface area contributed by atoms with E-state index in [2.05, 4.69) is 20.9 Å². The van der Waals surface area contributed by atoms with Gasteiger partial charge in [0.1, 0.15) is 11.5 Å². The number of furan rings is 1. The number of fused-ring (bicyclic) bond motifs is 1. The number of hydrogen-bond donors (Lipinski definition) is 1. The van der Waals surface area contributed by atoms with Crippen LogP contribution in [-0.2, 0) is 9.53 Å². The molecule has 43 heavy (non-hydrogen) atoms. The highest BCUT2D eigenvalue weighted by Gasteiger charge is 2.35. The molecule has 4 aromatic rings. The zero-order valence-electron chi connectivity index (χ0n) is 23.9. The second-order valence-corrected chi connectivity index (χ2v) is 11.4. The number of halogens is 1. The maximum absolute atomic E-state index is 14.0. The third-order valence-electron chi connectivity index (χ3n) is 7.04. The monoisotopic (exact) mass is 666 g/mol. The average molecular weight is 668 g/mol. The number of aromatic carboxylic acids is 1. The Kier molecular flexibility index (Phi) is 8.43. The van der Waals surface area contributed by atoms with Crippen molar-refractivity contribution < 1.29 is 33.3 Å². The van der Waals surface area contributed by atoms with Crippen molar-refractivity contribution >= 4 is 45.3 Å². The highest BCUT2D eigenvalue weighted by Crippen LogP contribution is 2.40. The van der Waals surface area contributed by atoms with Gasteiger partial charge in [0.15, 0.2) is 16.3 Å². The molecule has 1 N–H and O–H groups in total. The molecule has 1 aliphatic heterocycles. The summed E-state index contributed by atoms with van der Waals surface area (Å²) in [5.74, 6) is 0.144. The molecule has 0 spiro atoms. The van der Waals surface area contributed by atoms with Gasteiger partial charge in [-0.15, -0.1) is 0 Å². The number of carboxylic acid groups (broad SMARTS) is 1. The fraction of sp³-hybridized carbons (Fsp3) is 0.226. The lowest BCUT2D eigenvalue weighted by Gasteiger charge is -2.26. The molecule has 1 aliphatic rings. The van der Waals surface area contributed by atoms with Crippen molar-refractivity contribution in [3.05, 3.63) is 100 Å². The van der Waals surface area contributed by atoms with E-state index in [1.54, 1.807) is 63.2 Å². The van der Waals surface area contributed by atoms with Crippen LogP contribution in [0.15, 0.2) is 72.4 Å². The molecule has 0 saturated carbocycles. The first-order valence-electron chi connectivity index (χ1n) is 13.1. The summed E-state index contributed by atoms with van der Waals surface area (Å²) < 4.78 is 24.8. The molecule has 10 nitrogen and oxygen atoms in total. The van der Waals surface area contributed by atoms with Crippen LogP contribution in [0.4, 0.5) is 0 Å². The van der Waals surface area contributed by atoms with Crippen molar-refractivity contribution in [2.45, 2.75) is 26.8 Å². The van der Waals surface area contributed by atoms with Gasteiger partial charge in [0.25, 0.3) is 5.56 Å². The predicted octanol–water partition coefficient (Wildman–Crippen LogP) is 4.84. The van der Waals surface area contributed by atoms with Crippen molar-refractivity contribution in [3.63, 3.8) is 0 Å². The summed E-state index contributed by atoms with van der Waals surface area (Å²) in [5, 5.41) is 9.50. The van der Waals surface area contributed by atoms with Gasteiger partial charge in [0.05, 0.1) is 48.2 Å². The molecule has 0 fully saturated rings. The Morgan fingerprint density at radius 3 is 2.53 bits per heavy atom. The van der Waals surface area contributed by atoms with Crippen LogP contribution in [0.25, 0.3) is 17.4 Å². The maximum Gasteiger partial charge on any atom is 0.338 e. The van der Waals surface area contributed by atoms with Gasteiger partial charge in [-0.1, -0.05) is 39.4 Å². The summed E-state index contributed by atoms with van der Waals surface area (Å²) in [5.41, 5.74) is 2.22. The standard InChI is InChI=1S/C31H27BrN2O8S/c1-6-41-30(38)26-16(3)33-31-34(27(26)20-13-23(39-4)24(40-5)14-21(20)32)28(35)25(43-31)12-17-10-11-22(42-17)18-8-7-9-19(15(18)2)29(36)37/h7-14,27H,6H2,1-5H3,(H,36,37)/b25-12-/t27-/m1/s1. The molecular weight excluding hydrogens is 640 g/mol. The largest absolute Gasteiger partial charge is 0.493 e. The van der Waals surface area contributed by atoms with Gasteiger partial charge in [-0.25, -0.2) is 14.6 Å². The highest BCUT2D eigenvalue weighted by atomic mass is 79.9. The molecule has 1 atom stereocenters. The fourth-order valence-corrected chi connectivity index (χ4v) is 6.57. The normalized spacial score (nSPS) is 14.7. The van der Waals surface area contributed by atoms with Gasteiger partial charge < -0.3 is 23.7 Å². The van der Waals surface area contributed by atoms with E-state index in [0.717, 1.165) is 11.3 Å². The van der Waals surface area contributed by atoms with Gasteiger partial charge in [-0.2, -0.15) is 0 Å². The third kappa shape index (κ3) is 5.43. The van der Waals surface area contributed by atoms with Crippen LogP contribution < -0.4 is 24.4 Å². The van der Waals surface area contributed by atoms with Crippen molar-refractivity contribution in [1.82, 2.24) is 4.57 Å². The highest BCUT2D eigenvalue weighted by molar-refractivity contribution is 9.10. The molecule has 0 bridgehead atoms. The molecule has 0 unspecified atom stereocenters. The van der Waals surface area contributed by atoms with Gasteiger partial charge in [-0.3, -0.25) is 9.36 Å². The second-order valence-electron chi connectivity index (χ2n) is 9.52. The topological polar surface area (TPSA) is 130 Å². The lowest BCUT2D eigenvalue weighted by atomic mass is 9.95. The number of esters is 1. The van der Waals surface area contributed by atoms with Crippen molar-refractivity contribution in [2.24, 2.45) is 4.99 Å². The van der Waals surface area contributed by atoms with E-state index in [-0.39, 0.29) is 23.3 Å². The van der Waals surface area contributed by atoms with E-state index < -0.39 is 18.0 Å². The molecule has 2 aromatic heterocycles. The van der Waals surface area contributed by atoms with Crippen LogP contribution >= 0.6 is 27.3 Å². The number of hydrogen-bond acceptors (Lipinski definition) is 9. The zero-order valence-corrected chi connectivity index (χ0v) is 26.3. The molecule has 0 amide bonds. The first-order chi connectivity index (χ1) is 20.6. The van der Waals surface area contributed by atoms with E-state index in [9.17, 15) is 19.5 Å². The molecular formula is C31H27BrN2O8S. The Labute approximate surface area is 258 Å². The van der Waals surface area contributed by atoms with E-state index in [0.29, 0.717) is 59.2 Å². The number of ether oxygens (including phenoxy) is 3. The molecule has 3 heterocycles. The summed E-state index contributed by atoms with van der Waals surface area (Å²) in [6.07, 6.45) is 1.60. The van der Waals surface area contributed by atoms with Gasteiger partial charge in [-0.05, 0) is 62.2 Å². The number of methoxy groups -OCH3 is 2. The van der Waals surface area contributed by atoms with Crippen LogP contribution in [0, 0.1) is 6.92 Å². The molecule has 0 aliphatic carbocycles. The number of carboxylic acids is 1. The molecule has 0 radical (unpaired) electrons. The minimum absolute atomic E-state index is 0.148. The minimum Gasteiger partial charge on any atom is -0.493 e. The van der Waals surface area contributed by atoms with E-state index in [1.807, 2.05) is 0 Å². The Bertz CT molecular complexity index is 1980. The van der Waals surface area contributed by atoms with Crippen molar-refractivity contribution in [1.29, 1.82) is 0 Å². The predicted molar refractivity (Wildman–Crippen MR) is 163 cm³/mol. The van der Waals surface area contributed by atoms with E-state index >= 15 is 0 Å². The second kappa shape index (κ2) is 12.1. The molecule has 12 heteroatoms. The summed E-state index contributed by atoms with van der Waals surface area (Å²) in [7, 11) is 3.02. The molecule has 2 aromatic carbocycles. The zero-order chi connectivity index (χ0) is 31.0. The Morgan fingerprint density at radius 1 is 1.14 bits per heavy atom. The number of aromatic nitrogens is 1. The summed E-state index contributed by atoms with van der Waals surface area (Å²) in [6, 6.07) is 11.0. The van der Waals surface area contributed by atoms with Crippen LogP contribution in [0.1, 0.15) is 47.1 Å². The first-order valence-corrected chi connectivity index (χ1v) is 14.7.